The summed E-state index contributed by atoms with van der Waals surface area (Å²) < 4.78 is 0. The molecule has 21 heavy (non-hydrogen) atoms. The second kappa shape index (κ2) is 10.7. The van der Waals surface area contributed by atoms with E-state index >= 15 is 0 Å². The molecule has 5 nitrogen and oxygen atoms in total. The van der Waals surface area contributed by atoms with Gasteiger partial charge in [-0.2, -0.15) is 0 Å². The van der Waals surface area contributed by atoms with Crippen molar-refractivity contribution in [2.45, 2.75) is 46.0 Å². The molecule has 0 aliphatic carbocycles. The summed E-state index contributed by atoms with van der Waals surface area (Å²) in [6, 6.07) is 0. The van der Waals surface area contributed by atoms with Gasteiger partial charge in [-0.3, -0.25) is 9.59 Å². The Balaban J connectivity index is 2.07. The summed E-state index contributed by atoms with van der Waals surface area (Å²) in [4.78, 5) is 27.7. The van der Waals surface area contributed by atoms with E-state index in [1.54, 1.807) is 0 Å². The maximum Gasteiger partial charge on any atom is 0.221 e. The first-order valence-electron chi connectivity index (χ1n) is 8.38. The normalized spacial score (nSPS) is 16.9. The van der Waals surface area contributed by atoms with Gasteiger partial charge in [0.05, 0.1) is 0 Å². The van der Waals surface area contributed by atoms with Crippen LogP contribution in [0.4, 0.5) is 0 Å². The van der Waals surface area contributed by atoms with Crippen LogP contribution in [0.1, 0.15) is 46.0 Å². The Morgan fingerprint density at radius 3 is 2.05 bits per heavy atom. The number of carbonyl (C=O) groups is 2. The van der Waals surface area contributed by atoms with Crippen molar-refractivity contribution < 1.29 is 9.59 Å². The molecule has 1 fully saturated rings. The van der Waals surface area contributed by atoms with Crippen LogP contribution in [0.5, 0.6) is 0 Å². The molecule has 5 heteroatoms. The van der Waals surface area contributed by atoms with Gasteiger partial charge >= 0.3 is 0 Å². The van der Waals surface area contributed by atoms with Gasteiger partial charge in [-0.15, -0.1) is 0 Å². The van der Waals surface area contributed by atoms with Gasteiger partial charge in [0.2, 0.25) is 5.91 Å². The fourth-order valence-corrected chi connectivity index (χ4v) is 2.45. The van der Waals surface area contributed by atoms with Crippen molar-refractivity contribution in [2.75, 3.05) is 45.8 Å². The first-order chi connectivity index (χ1) is 10.2. The minimum atomic E-state index is 0.166. The third-order valence-electron chi connectivity index (χ3n) is 4.07. The summed E-state index contributed by atoms with van der Waals surface area (Å²) in [6.07, 6.45) is 4.09. The number of hydrogen-bond acceptors (Lipinski definition) is 4. The Kier molecular flexibility index (Phi) is 9.26. The van der Waals surface area contributed by atoms with Gasteiger partial charge in [-0.05, 0) is 6.42 Å². The summed E-state index contributed by atoms with van der Waals surface area (Å²) in [5, 5.41) is 2.96. The van der Waals surface area contributed by atoms with Crippen molar-refractivity contribution in [1.82, 2.24) is 15.1 Å². The summed E-state index contributed by atoms with van der Waals surface area (Å²) in [7, 11) is 0. The molecule has 1 aliphatic heterocycles. The molecule has 1 rings (SSSR count). The lowest BCUT2D eigenvalue weighted by atomic mass is 10.2. The topological polar surface area (TPSA) is 52.7 Å². The zero-order valence-corrected chi connectivity index (χ0v) is 13.7. The fraction of sp³-hybridized carbons (Fsp3) is 0.875. The predicted octanol–water partition coefficient (Wildman–Crippen LogP) is 1.28. The molecule has 1 amide bonds. The molecule has 0 unspecified atom stereocenters. The molecule has 0 aromatic heterocycles. The molecule has 0 radical (unpaired) electrons. The lowest BCUT2D eigenvalue weighted by Gasteiger charge is -2.34. The van der Waals surface area contributed by atoms with E-state index in [1.165, 1.54) is 0 Å². The SMILES string of the molecule is CCCCNC(=O)CCN1CCN(CCC(=O)CC)CC1. The van der Waals surface area contributed by atoms with E-state index in [1.807, 2.05) is 6.92 Å². The largest absolute Gasteiger partial charge is 0.356 e. The van der Waals surface area contributed by atoms with E-state index in [4.69, 9.17) is 0 Å². The van der Waals surface area contributed by atoms with Gasteiger partial charge in [-0.1, -0.05) is 20.3 Å². The number of rotatable bonds is 10. The molecule has 0 aromatic carbocycles. The number of nitrogens with one attached hydrogen (secondary N) is 1. The van der Waals surface area contributed by atoms with Crippen molar-refractivity contribution in [1.29, 1.82) is 0 Å². The lowest BCUT2D eigenvalue weighted by Crippen LogP contribution is -2.47. The third kappa shape index (κ3) is 8.17. The van der Waals surface area contributed by atoms with Gasteiger partial charge in [-0.25, -0.2) is 0 Å². The molecule has 1 N–H and O–H groups in total. The minimum absolute atomic E-state index is 0.166. The number of carbonyl (C=O) groups excluding carboxylic acids is 2. The highest BCUT2D eigenvalue weighted by atomic mass is 16.1. The van der Waals surface area contributed by atoms with Crippen molar-refractivity contribution in [2.24, 2.45) is 0 Å². The molecule has 0 atom stereocenters. The van der Waals surface area contributed by atoms with E-state index in [-0.39, 0.29) is 5.91 Å². The summed E-state index contributed by atoms with van der Waals surface area (Å²) >= 11 is 0. The molecule has 0 bridgehead atoms. The van der Waals surface area contributed by atoms with Crippen molar-refractivity contribution in [3.63, 3.8) is 0 Å². The lowest BCUT2D eigenvalue weighted by molar-refractivity contribution is -0.122. The van der Waals surface area contributed by atoms with E-state index in [9.17, 15) is 9.59 Å². The maximum absolute atomic E-state index is 11.6. The van der Waals surface area contributed by atoms with E-state index in [0.29, 0.717) is 25.0 Å². The highest BCUT2D eigenvalue weighted by Gasteiger charge is 2.17. The van der Waals surface area contributed by atoms with Gasteiger partial charge in [0.15, 0.2) is 0 Å². The molecule has 0 saturated carbocycles. The molecule has 122 valence electrons. The van der Waals surface area contributed by atoms with Crippen LogP contribution in [-0.2, 0) is 9.59 Å². The molecular weight excluding hydrogens is 266 g/mol. The predicted molar refractivity (Wildman–Crippen MR) is 85.3 cm³/mol. The highest BCUT2D eigenvalue weighted by Crippen LogP contribution is 2.04. The Bertz CT molecular complexity index is 313. The van der Waals surface area contributed by atoms with Gasteiger partial charge in [0.25, 0.3) is 0 Å². The average molecular weight is 297 g/mol. The fourth-order valence-electron chi connectivity index (χ4n) is 2.45. The Morgan fingerprint density at radius 2 is 1.52 bits per heavy atom. The van der Waals surface area contributed by atoms with E-state index in [0.717, 1.165) is 58.7 Å². The van der Waals surface area contributed by atoms with Crippen LogP contribution in [0.25, 0.3) is 0 Å². The van der Waals surface area contributed by atoms with E-state index < -0.39 is 0 Å². The van der Waals surface area contributed by atoms with Gasteiger partial charge in [0.1, 0.15) is 5.78 Å². The number of Topliss-reactive ketones (excluding diaryl/α,β-unsaturated/α-hetero) is 1. The summed E-state index contributed by atoms with van der Waals surface area (Å²) in [6.45, 7) is 10.6. The molecular formula is C16H31N3O2. The van der Waals surface area contributed by atoms with Crippen LogP contribution >= 0.6 is 0 Å². The Morgan fingerprint density at radius 1 is 0.952 bits per heavy atom. The van der Waals surface area contributed by atoms with E-state index in [2.05, 4.69) is 22.0 Å². The number of nitrogens with zero attached hydrogens (tertiary/aromatic N) is 2. The van der Waals surface area contributed by atoms with Crippen LogP contribution in [0.3, 0.4) is 0 Å². The molecule has 1 saturated heterocycles. The second-order valence-corrected chi connectivity index (χ2v) is 5.78. The van der Waals surface area contributed by atoms with Crippen LogP contribution in [-0.4, -0.2) is 67.3 Å². The van der Waals surface area contributed by atoms with Crippen LogP contribution in [0, 0.1) is 0 Å². The first kappa shape index (κ1) is 18.1. The molecule has 1 heterocycles. The number of hydrogen-bond donors (Lipinski definition) is 1. The van der Waals surface area contributed by atoms with Gasteiger partial charge < -0.3 is 15.1 Å². The maximum atomic E-state index is 11.6. The summed E-state index contributed by atoms with van der Waals surface area (Å²) in [5.41, 5.74) is 0. The standard InChI is InChI=1S/C16H31N3O2/c1-3-5-8-17-16(21)7-10-19-13-11-18(12-14-19)9-6-15(20)4-2/h3-14H2,1-2H3,(H,17,21). The van der Waals surface area contributed by atoms with Crippen molar-refractivity contribution in [3.8, 4) is 0 Å². The molecule has 0 aromatic rings. The number of unbranched alkanes of at least 4 members (excludes halogenated alkanes) is 1. The number of ketones is 1. The number of piperazine rings is 1. The summed E-state index contributed by atoms with van der Waals surface area (Å²) in [5.74, 6) is 0.514. The number of amides is 1. The quantitative estimate of drug-likeness (QED) is 0.617. The zero-order valence-electron chi connectivity index (χ0n) is 13.7. The first-order valence-corrected chi connectivity index (χ1v) is 8.38. The average Bonchev–Trinajstić information content (AvgIpc) is 2.51. The minimum Gasteiger partial charge on any atom is -0.356 e. The second-order valence-electron chi connectivity index (χ2n) is 5.78. The third-order valence-corrected chi connectivity index (χ3v) is 4.07. The molecule has 1 aliphatic rings. The van der Waals surface area contributed by atoms with Crippen molar-refractivity contribution in [3.05, 3.63) is 0 Å². The zero-order chi connectivity index (χ0) is 15.5. The van der Waals surface area contributed by atoms with Gasteiger partial charge in [0, 0.05) is 65.1 Å². The smallest absolute Gasteiger partial charge is 0.221 e. The molecule has 0 spiro atoms. The van der Waals surface area contributed by atoms with Crippen LogP contribution < -0.4 is 5.32 Å². The van der Waals surface area contributed by atoms with Crippen LogP contribution in [0.2, 0.25) is 0 Å². The highest BCUT2D eigenvalue weighted by molar-refractivity contribution is 5.78. The Hall–Kier alpha value is -0.940. The monoisotopic (exact) mass is 297 g/mol. The van der Waals surface area contributed by atoms with Crippen LogP contribution in [0.15, 0.2) is 0 Å². The Labute approximate surface area is 129 Å². The van der Waals surface area contributed by atoms with Crippen molar-refractivity contribution >= 4 is 11.7 Å².